The van der Waals surface area contributed by atoms with Crippen molar-refractivity contribution in [3.63, 3.8) is 0 Å². The van der Waals surface area contributed by atoms with Gasteiger partial charge in [-0.3, -0.25) is 0 Å². The highest BCUT2D eigenvalue weighted by atomic mass is 32.1. The lowest BCUT2D eigenvalue weighted by Gasteiger charge is -2.17. The molecule has 3 nitrogen and oxygen atoms in total. The number of rotatable bonds is 2. The lowest BCUT2D eigenvalue weighted by atomic mass is 9.98. The molecule has 2 unspecified atom stereocenters. The first kappa shape index (κ1) is 9.12. The third kappa shape index (κ3) is 1.61. The van der Waals surface area contributed by atoms with Gasteiger partial charge in [0.2, 0.25) is 0 Å². The van der Waals surface area contributed by atoms with Gasteiger partial charge in [-0.15, -0.1) is 0 Å². The molecule has 0 aromatic carbocycles. The third-order valence-corrected chi connectivity index (χ3v) is 3.41. The zero-order valence-corrected chi connectivity index (χ0v) is 8.38. The standard InChI is InChI=1S/C9H13NO2S/c1-2-7-5-9(11,6-12-7)8-3-4-10-13-8/h3-4,7,11H,2,5-6H2,1H3. The van der Waals surface area contributed by atoms with Gasteiger partial charge in [0.05, 0.1) is 17.6 Å². The predicted molar refractivity (Wildman–Crippen MR) is 50.7 cm³/mol. The Morgan fingerprint density at radius 2 is 2.69 bits per heavy atom. The van der Waals surface area contributed by atoms with E-state index in [1.807, 2.05) is 6.07 Å². The first-order chi connectivity index (χ1) is 6.24. The first-order valence-corrected chi connectivity index (χ1v) is 5.27. The van der Waals surface area contributed by atoms with Gasteiger partial charge in [-0.2, -0.15) is 0 Å². The van der Waals surface area contributed by atoms with Crippen molar-refractivity contribution in [1.29, 1.82) is 0 Å². The van der Waals surface area contributed by atoms with E-state index in [9.17, 15) is 5.11 Å². The molecule has 1 aromatic rings. The van der Waals surface area contributed by atoms with E-state index >= 15 is 0 Å². The Hall–Kier alpha value is -0.450. The summed E-state index contributed by atoms with van der Waals surface area (Å²) in [7, 11) is 0. The summed E-state index contributed by atoms with van der Waals surface area (Å²) in [5, 5.41) is 10.2. The monoisotopic (exact) mass is 199 g/mol. The second-order valence-electron chi connectivity index (χ2n) is 3.45. The van der Waals surface area contributed by atoms with Crippen molar-refractivity contribution < 1.29 is 9.84 Å². The van der Waals surface area contributed by atoms with E-state index in [0.717, 1.165) is 11.3 Å². The number of aromatic nitrogens is 1. The lowest BCUT2D eigenvalue weighted by Crippen LogP contribution is -2.24. The fourth-order valence-electron chi connectivity index (χ4n) is 1.64. The first-order valence-electron chi connectivity index (χ1n) is 4.50. The summed E-state index contributed by atoms with van der Waals surface area (Å²) in [4.78, 5) is 0.920. The van der Waals surface area contributed by atoms with Crippen molar-refractivity contribution in [2.75, 3.05) is 6.61 Å². The Kier molecular flexibility index (Phi) is 2.36. The largest absolute Gasteiger partial charge is 0.382 e. The Labute approximate surface area is 81.5 Å². The minimum absolute atomic E-state index is 0.201. The van der Waals surface area contributed by atoms with Gasteiger partial charge in [-0.25, -0.2) is 4.37 Å². The topological polar surface area (TPSA) is 42.4 Å². The molecule has 4 heteroatoms. The van der Waals surface area contributed by atoms with E-state index in [2.05, 4.69) is 11.3 Å². The van der Waals surface area contributed by atoms with Crippen molar-refractivity contribution in [2.24, 2.45) is 0 Å². The molecule has 13 heavy (non-hydrogen) atoms. The summed E-state index contributed by atoms with van der Waals surface area (Å²) < 4.78 is 9.46. The Bertz CT molecular complexity index is 275. The van der Waals surface area contributed by atoms with Crippen LogP contribution in [0.1, 0.15) is 24.6 Å². The molecule has 1 saturated heterocycles. The van der Waals surface area contributed by atoms with E-state index in [1.165, 1.54) is 11.5 Å². The van der Waals surface area contributed by atoms with E-state index in [4.69, 9.17) is 4.74 Å². The molecule has 1 aromatic heterocycles. The number of nitrogens with zero attached hydrogens (tertiary/aromatic N) is 1. The number of aliphatic hydroxyl groups is 1. The lowest BCUT2D eigenvalue weighted by molar-refractivity contribution is 0.0208. The minimum Gasteiger partial charge on any atom is -0.382 e. The van der Waals surface area contributed by atoms with E-state index in [-0.39, 0.29) is 6.10 Å². The highest BCUT2D eigenvalue weighted by Gasteiger charge is 2.40. The molecule has 1 N–H and O–H groups in total. The fourth-order valence-corrected chi connectivity index (χ4v) is 2.31. The van der Waals surface area contributed by atoms with Crippen molar-refractivity contribution in [1.82, 2.24) is 4.37 Å². The SMILES string of the molecule is CCC1CC(O)(c2ccns2)CO1. The van der Waals surface area contributed by atoms with Crippen molar-refractivity contribution in [3.05, 3.63) is 17.1 Å². The third-order valence-electron chi connectivity index (χ3n) is 2.47. The van der Waals surface area contributed by atoms with Crippen LogP contribution < -0.4 is 0 Å². The number of hydrogen-bond donors (Lipinski definition) is 1. The van der Waals surface area contributed by atoms with Crippen LogP contribution in [0, 0.1) is 0 Å². The van der Waals surface area contributed by atoms with Crippen molar-refractivity contribution in [3.8, 4) is 0 Å². The molecule has 2 rings (SSSR count). The Balaban J connectivity index is 2.15. The highest BCUT2D eigenvalue weighted by Crippen LogP contribution is 2.36. The van der Waals surface area contributed by atoms with Gasteiger partial charge in [0.15, 0.2) is 0 Å². The van der Waals surface area contributed by atoms with E-state index in [1.54, 1.807) is 6.20 Å². The zero-order chi connectivity index (χ0) is 9.31. The van der Waals surface area contributed by atoms with E-state index in [0.29, 0.717) is 13.0 Å². The quantitative estimate of drug-likeness (QED) is 0.785. The van der Waals surface area contributed by atoms with Crippen LogP contribution in [0.4, 0.5) is 0 Å². The maximum Gasteiger partial charge on any atom is 0.126 e. The van der Waals surface area contributed by atoms with Gasteiger partial charge in [0, 0.05) is 12.6 Å². The molecule has 2 heterocycles. The molecule has 0 radical (unpaired) electrons. The molecule has 0 amide bonds. The summed E-state index contributed by atoms with van der Waals surface area (Å²) in [5.41, 5.74) is -0.776. The van der Waals surface area contributed by atoms with Crippen LogP contribution in [0.25, 0.3) is 0 Å². The van der Waals surface area contributed by atoms with Gasteiger partial charge >= 0.3 is 0 Å². The molecule has 0 saturated carbocycles. The molecular weight excluding hydrogens is 186 g/mol. The highest BCUT2D eigenvalue weighted by molar-refractivity contribution is 7.05. The molecule has 1 aliphatic heterocycles. The minimum atomic E-state index is -0.776. The molecular formula is C9H13NO2S. The predicted octanol–water partition coefficient (Wildman–Crippen LogP) is 1.53. The zero-order valence-electron chi connectivity index (χ0n) is 7.56. The fraction of sp³-hybridized carbons (Fsp3) is 0.667. The second-order valence-corrected chi connectivity index (χ2v) is 4.29. The molecule has 2 atom stereocenters. The van der Waals surface area contributed by atoms with Crippen LogP contribution in [0.5, 0.6) is 0 Å². The van der Waals surface area contributed by atoms with Crippen LogP contribution in [-0.4, -0.2) is 22.2 Å². The normalized spacial score (nSPS) is 33.8. The van der Waals surface area contributed by atoms with Crippen LogP contribution in [0.3, 0.4) is 0 Å². The van der Waals surface area contributed by atoms with Crippen molar-refractivity contribution >= 4 is 11.5 Å². The second kappa shape index (κ2) is 3.36. The van der Waals surface area contributed by atoms with Gasteiger partial charge in [-0.05, 0) is 24.0 Å². The maximum absolute atomic E-state index is 10.2. The molecule has 0 bridgehead atoms. The average molecular weight is 199 g/mol. The van der Waals surface area contributed by atoms with E-state index < -0.39 is 5.60 Å². The maximum atomic E-state index is 10.2. The Morgan fingerprint density at radius 1 is 1.85 bits per heavy atom. The van der Waals surface area contributed by atoms with Gasteiger partial charge in [0.1, 0.15) is 5.60 Å². The smallest absolute Gasteiger partial charge is 0.126 e. The summed E-state index contributed by atoms with van der Waals surface area (Å²) >= 11 is 1.35. The molecule has 72 valence electrons. The molecule has 0 spiro atoms. The van der Waals surface area contributed by atoms with Crippen LogP contribution in [0.15, 0.2) is 12.3 Å². The average Bonchev–Trinajstić information content (AvgIpc) is 2.72. The molecule has 0 aliphatic carbocycles. The van der Waals surface area contributed by atoms with Crippen molar-refractivity contribution in [2.45, 2.75) is 31.5 Å². The molecule has 1 aliphatic rings. The number of hydrogen-bond acceptors (Lipinski definition) is 4. The summed E-state index contributed by atoms with van der Waals surface area (Å²) in [6.45, 7) is 2.48. The summed E-state index contributed by atoms with van der Waals surface area (Å²) in [6.07, 6.45) is 3.58. The summed E-state index contributed by atoms with van der Waals surface area (Å²) in [6, 6.07) is 1.87. The van der Waals surface area contributed by atoms with Crippen LogP contribution >= 0.6 is 11.5 Å². The summed E-state index contributed by atoms with van der Waals surface area (Å²) in [5.74, 6) is 0. The van der Waals surface area contributed by atoms with Crippen LogP contribution in [-0.2, 0) is 10.3 Å². The van der Waals surface area contributed by atoms with Gasteiger partial charge < -0.3 is 9.84 Å². The molecule has 1 fully saturated rings. The van der Waals surface area contributed by atoms with Crippen LogP contribution in [0.2, 0.25) is 0 Å². The van der Waals surface area contributed by atoms with Gasteiger partial charge in [0.25, 0.3) is 0 Å². The number of ether oxygens (including phenoxy) is 1. The van der Waals surface area contributed by atoms with Gasteiger partial charge in [-0.1, -0.05) is 6.92 Å². The Morgan fingerprint density at radius 3 is 3.23 bits per heavy atom.